The van der Waals surface area contributed by atoms with E-state index in [0.29, 0.717) is 6.54 Å². The molecule has 174 valence electrons. The van der Waals surface area contributed by atoms with Crippen molar-refractivity contribution in [3.05, 3.63) is 65.7 Å². The molecule has 0 bridgehead atoms. The molecular weight excluding hydrogens is 404 g/mol. The summed E-state index contributed by atoms with van der Waals surface area (Å²) in [5, 5.41) is 13.9. The highest BCUT2D eigenvalue weighted by Gasteiger charge is 2.26. The first-order chi connectivity index (χ1) is 15.6. The van der Waals surface area contributed by atoms with Gasteiger partial charge in [-0.1, -0.05) is 42.5 Å². The lowest BCUT2D eigenvalue weighted by molar-refractivity contribution is -0.147. The quantitative estimate of drug-likeness (QED) is 0.391. The van der Waals surface area contributed by atoms with E-state index in [1.165, 1.54) is 18.2 Å². The van der Waals surface area contributed by atoms with Gasteiger partial charge in [0, 0.05) is 13.1 Å². The van der Waals surface area contributed by atoms with Crippen LogP contribution in [0, 0.1) is 5.92 Å². The number of aryl methyl sites for hydroxylation is 1. The van der Waals surface area contributed by atoms with Crippen LogP contribution in [0.5, 0.6) is 5.75 Å². The molecule has 1 heterocycles. The number of piperidine rings is 1. The van der Waals surface area contributed by atoms with Crippen LogP contribution in [-0.4, -0.2) is 62.0 Å². The number of likely N-dealkylation sites (tertiary alicyclic amines) is 1. The zero-order chi connectivity index (χ0) is 22.6. The highest BCUT2D eigenvalue weighted by atomic mass is 16.5. The first-order valence-corrected chi connectivity index (χ1v) is 11.6. The molecule has 1 atom stereocenters. The van der Waals surface area contributed by atoms with E-state index >= 15 is 0 Å². The van der Waals surface area contributed by atoms with Gasteiger partial charge in [-0.3, -0.25) is 4.79 Å². The van der Waals surface area contributed by atoms with E-state index in [4.69, 9.17) is 9.47 Å². The van der Waals surface area contributed by atoms with Crippen LogP contribution < -0.4 is 10.1 Å². The fourth-order valence-electron chi connectivity index (χ4n) is 4.10. The Hall–Kier alpha value is -2.41. The molecule has 1 fully saturated rings. The van der Waals surface area contributed by atoms with Gasteiger partial charge in [0.1, 0.15) is 18.5 Å². The first kappa shape index (κ1) is 24.2. The number of aliphatic hydroxyl groups is 1. The molecule has 6 nitrogen and oxygen atoms in total. The smallest absolute Gasteiger partial charge is 0.308 e. The van der Waals surface area contributed by atoms with E-state index in [9.17, 15) is 9.90 Å². The van der Waals surface area contributed by atoms with E-state index in [2.05, 4.69) is 40.5 Å². The van der Waals surface area contributed by atoms with Crippen molar-refractivity contribution in [2.24, 2.45) is 5.92 Å². The SMILES string of the molecule is COC(=O)C1CCN(CC(O)COc2cccc(CNCCCc3ccccc3)c2)CC1. The Kier molecular flexibility index (Phi) is 10.0. The van der Waals surface area contributed by atoms with Crippen molar-refractivity contribution in [1.82, 2.24) is 10.2 Å². The van der Waals surface area contributed by atoms with E-state index in [1.807, 2.05) is 24.3 Å². The summed E-state index contributed by atoms with van der Waals surface area (Å²) in [5.74, 6) is 0.635. The molecule has 32 heavy (non-hydrogen) atoms. The molecule has 0 saturated carbocycles. The number of ether oxygens (including phenoxy) is 2. The number of hydrogen-bond donors (Lipinski definition) is 2. The van der Waals surface area contributed by atoms with Gasteiger partial charge >= 0.3 is 5.97 Å². The van der Waals surface area contributed by atoms with Gasteiger partial charge in [-0.2, -0.15) is 0 Å². The standard InChI is InChI=1S/C26H36N2O4/c1-31-26(30)23-12-15-28(16-13-23)19-24(29)20-32-25-11-5-9-22(17-25)18-27-14-6-10-21-7-3-2-4-8-21/h2-5,7-9,11,17,23-24,27,29H,6,10,12-16,18-20H2,1H3. The average Bonchev–Trinajstić information content (AvgIpc) is 2.83. The number of β-amino-alcohol motifs (C(OH)–C–C–N with tert-alkyl or cyclic N) is 1. The average molecular weight is 441 g/mol. The second kappa shape index (κ2) is 13.2. The molecule has 0 radical (unpaired) electrons. The van der Waals surface area contributed by atoms with Gasteiger partial charge in [0.05, 0.1) is 13.0 Å². The highest BCUT2D eigenvalue weighted by molar-refractivity contribution is 5.72. The summed E-state index contributed by atoms with van der Waals surface area (Å²) < 4.78 is 10.7. The van der Waals surface area contributed by atoms with Crippen LogP contribution in [-0.2, 0) is 22.5 Å². The van der Waals surface area contributed by atoms with Gasteiger partial charge < -0.3 is 24.8 Å². The van der Waals surface area contributed by atoms with Gasteiger partial charge in [-0.15, -0.1) is 0 Å². The molecule has 2 N–H and O–H groups in total. The molecule has 1 unspecified atom stereocenters. The van der Waals surface area contributed by atoms with Crippen LogP contribution in [0.15, 0.2) is 54.6 Å². The van der Waals surface area contributed by atoms with Crippen molar-refractivity contribution in [3.63, 3.8) is 0 Å². The number of rotatable bonds is 12. The van der Waals surface area contributed by atoms with E-state index in [0.717, 1.165) is 57.6 Å². The number of nitrogens with one attached hydrogen (secondary N) is 1. The fraction of sp³-hybridized carbons (Fsp3) is 0.500. The van der Waals surface area contributed by atoms with Crippen LogP contribution in [0.3, 0.4) is 0 Å². The van der Waals surface area contributed by atoms with Gasteiger partial charge in [0.2, 0.25) is 0 Å². The lowest BCUT2D eigenvalue weighted by Gasteiger charge is -2.31. The molecule has 0 spiro atoms. The molecular formula is C26H36N2O4. The lowest BCUT2D eigenvalue weighted by atomic mass is 9.97. The number of aliphatic hydroxyl groups excluding tert-OH is 1. The molecule has 1 aliphatic rings. The summed E-state index contributed by atoms with van der Waals surface area (Å²) in [7, 11) is 1.44. The Bertz CT molecular complexity index is 806. The van der Waals surface area contributed by atoms with Crippen molar-refractivity contribution in [3.8, 4) is 5.75 Å². The molecule has 1 aliphatic heterocycles. The Labute approximate surface area is 191 Å². The molecule has 2 aromatic rings. The first-order valence-electron chi connectivity index (χ1n) is 11.6. The Morgan fingerprint density at radius 2 is 1.88 bits per heavy atom. The van der Waals surface area contributed by atoms with Crippen LogP contribution >= 0.6 is 0 Å². The van der Waals surface area contributed by atoms with Crippen molar-refractivity contribution in [1.29, 1.82) is 0 Å². The molecule has 0 amide bonds. The topological polar surface area (TPSA) is 71.0 Å². The maximum Gasteiger partial charge on any atom is 0.308 e. The zero-order valence-corrected chi connectivity index (χ0v) is 19.0. The minimum Gasteiger partial charge on any atom is -0.491 e. The third-order valence-electron chi connectivity index (χ3n) is 5.92. The fourth-order valence-corrected chi connectivity index (χ4v) is 4.10. The molecule has 1 saturated heterocycles. The molecule has 2 aromatic carbocycles. The highest BCUT2D eigenvalue weighted by Crippen LogP contribution is 2.19. The number of nitrogens with zero attached hydrogens (tertiary/aromatic N) is 1. The lowest BCUT2D eigenvalue weighted by Crippen LogP contribution is -2.42. The Morgan fingerprint density at radius 1 is 1.12 bits per heavy atom. The number of carbonyl (C=O) groups excluding carboxylic acids is 1. The summed E-state index contributed by atoms with van der Waals surface area (Å²) in [5.41, 5.74) is 2.54. The predicted molar refractivity (Wildman–Crippen MR) is 126 cm³/mol. The van der Waals surface area contributed by atoms with Crippen molar-refractivity contribution >= 4 is 5.97 Å². The van der Waals surface area contributed by atoms with E-state index < -0.39 is 6.10 Å². The van der Waals surface area contributed by atoms with Crippen LogP contribution in [0.25, 0.3) is 0 Å². The third-order valence-corrected chi connectivity index (χ3v) is 5.92. The van der Waals surface area contributed by atoms with Gasteiger partial charge in [-0.05, 0) is 68.6 Å². The summed E-state index contributed by atoms with van der Waals surface area (Å²) in [6.45, 7) is 4.15. The summed E-state index contributed by atoms with van der Waals surface area (Å²) in [4.78, 5) is 13.8. The normalized spacial score (nSPS) is 15.9. The summed E-state index contributed by atoms with van der Waals surface area (Å²) in [6, 6.07) is 18.6. The van der Waals surface area contributed by atoms with Crippen LogP contribution in [0.1, 0.15) is 30.4 Å². The van der Waals surface area contributed by atoms with E-state index in [-0.39, 0.29) is 18.5 Å². The number of methoxy groups -OCH3 is 1. The van der Waals surface area contributed by atoms with Crippen molar-refractivity contribution < 1.29 is 19.4 Å². The minimum atomic E-state index is -0.565. The summed E-state index contributed by atoms with van der Waals surface area (Å²) >= 11 is 0. The van der Waals surface area contributed by atoms with Crippen LogP contribution in [0.4, 0.5) is 0 Å². The molecule has 0 aromatic heterocycles. The largest absolute Gasteiger partial charge is 0.491 e. The zero-order valence-electron chi connectivity index (χ0n) is 19.0. The maximum atomic E-state index is 11.6. The Balaban J connectivity index is 1.31. The number of carbonyl (C=O) groups is 1. The Morgan fingerprint density at radius 3 is 2.62 bits per heavy atom. The van der Waals surface area contributed by atoms with Crippen molar-refractivity contribution in [2.45, 2.75) is 38.3 Å². The second-order valence-electron chi connectivity index (χ2n) is 8.48. The third kappa shape index (κ3) is 8.26. The monoisotopic (exact) mass is 440 g/mol. The molecule has 0 aliphatic carbocycles. The van der Waals surface area contributed by atoms with Gasteiger partial charge in [0.25, 0.3) is 0 Å². The summed E-state index contributed by atoms with van der Waals surface area (Å²) in [6.07, 6.45) is 3.17. The number of esters is 1. The van der Waals surface area contributed by atoms with E-state index in [1.54, 1.807) is 0 Å². The van der Waals surface area contributed by atoms with Crippen molar-refractivity contribution in [2.75, 3.05) is 39.9 Å². The molecule has 3 rings (SSSR count). The predicted octanol–water partition coefficient (Wildman–Crippen LogP) is 3.03. The minimum absolute atomic E-state index is 0.0145. The maximum absolute atomic E-state index is 11.6. The van der Waals surface area contributed by atoms with Crippen LogP contribution in [0.2, 0.25) is 0 Å². The molecule has 6 heteroatoms. The van der Waals surface area contributed by atoms with Gasteiger partial charge in [-0.25, -0.2) is 0 Å². The second-order valence-corrected chi connectivity index (χ2v) is 8.48. The number of hydrogen-bond acceptors (Lipinski definition) is 6. The number of benzene rings is 2. The van der Waals surface area contributed by atoms with Gasteiger partial charge in [0.15, 0.2) is 0 Å².